The van der Waals surface area contributed by atoms with Gasteiger partial charge in [-0.1, -0.05) is 66.8 Å². The van der Waals surface area contributed by atoms with Crippen LogP contribution in [0.25, 0.3) is 11.6 Å². The zero-order valence-corrected chi connectivity index (χ0v) is 18.5. The van der Waals surface area contributed by atoms with Gasteiger partial charge in [-0.3, -0.25) is 4.79 Å². The molecule has 0 saturated carbocycles. The lowest BCUT2D eigenvalue weighted by atomic mass is 10.0. The molecule has 0 aliphatic heterocycles. The minimum absolute atomic E-state index is 0.138. The molecule has 2 nitrogen and oxygen atoms in total. The SMILES string of the molecule is C=C(C)c1ccc(COCCCCc2ccc(C=CC(=O)c3ccc(F)cc3)cc2)cc1. The van der Waals surface area contributed by atoms with E-state index in [1.54, 1.807) is 6.08 Å². The van der Waals surface area contributed by atoms with Crippen LogP contribution < -0.4 is 0 Å². The molecule has 0 fully saturated rings. The number of hydrogen-bond acceptors (Lipinski definition) is 2. The Kier molecular flexibility index (Phi) is 8.70. The van der Waals surface area contributed by atoms with E-state index in [1.165, 1.54) is 41.5 Å². The van der Waals surface area contributed by atoms with Crippen LogP contribution in [0, 0.1) is 5.82 Å². The molecule has 0 heterocycles. The minimum atomic E-state index is -0.346. The molecule has 3 aromatic rings. The Balaban J connectivity index is 1.35. The number of rotatable bonds is 11. The van der Waals surface area contributed by atoms with Crippen molar-refractivity contribution in [3.05, 3.63) is 119 Å². The number of ether oxygens (including phenoxy) is 1. The Labute approximate surface area is 190 Å². The van der Waals surface area contributed by atoms with Crippen molar-refractivity contribution in [3.63, 3.8) is 0 Å². The first-order chi connectivity index (χ1) is 15.5. The summed E-state index contributed by atoms with van der Waals surface area (Å²) in [4.78, 5) is 12.1. The zero-order valence-electron chi connectivity index (χ0n) is 18.5. The van der Waals surface area contributed by atoms with Gasteiger partial charge in [0.2, 0.25) is 0 Å². The highest BCUT2D eigenvalue weighted by Gasteiger charge is 2.02. The third kappa shape index (κ3) is 7.44. The molecule has 0 N–H and O–H groups in total. The summed E-state index contributed by atoms with van der Waals surface area (Å²) in [7, 11) is 0. The van der Waals surface area contributed by atoms with Gasteiger partial charge in [0.1, 0.15) is 5.82 Å². The molecular weight excluding hydrogens is 399 g/mol. The fourth-order valence-corrected chi connectivity index (χ4v) is 3.29. The van der Waals surface area contributed by atoms with Crippen LogP contribution in [0.15, 0.2) is 85.5 Å². The van der Waals surface area contributed by atoms with E-state index >= 15 is 0 Å². The van der Waals surface area contributed by atoms with Gasteiger partial charge in [-0.25, -0.2) is 4.39 Å². The number of halogens is 1. The topological polar surface area (TPSA) is 26.3 Å². The fraction of sp³-hybridized carbons (Fsp3) is 0.207. The summed E-state index contributed by atoms with van der Waals surface area (Å²) in [5.41, 5.74) is 6.12. The van der Waals surface area contributed by atoms with E-state index in [0.29, 0.717) is 12.2 Å². The van der Waals surface area contributed by atoms with Gasteiger partial charge in [0.05, 0.1) is 6.61 Å². The summed E-state index contributed by atoms with van der Waals surface area (Å²) in [6.07, 6.45) is 6.37. The minimum Gasteiger partial charge on any atom is -0.377 e. The Morgan fingerprint density at radius 1 is 0.875 bits per heavy atom. The van der Waals surface area contributed by atoms with Crippen LogP contribution >= 0.6 is 0 Å². The molecule has 0 bridgehead atoms. The first-order valence-electron chi connectivity index (χ1n) is 10.9. The number of unbranched alkanes of at least 4 members (excludes halogenated alkanes) is 1. The molecule has 0 unspecified atom stereocenters. The summed E-state index contributed by atoms with van der Waals surface area (Å²) < 4.78 is 18.7. The highest BCUT2D eigenvalue weighted by Crippen LogP contribution is 2.14. The average molecular weight is 429 g/mol. The number of allylic oxidation sites excluding steroid dienone is 2. The van der Waals surface area contributed by atoms with E-state index in [-0.39, 0.29) is 11.6 Å². The summed E-state index contributed by atoms with van der Waals surface area (Å²) in [5.74, 6) is -0.484. The molecule has 32 heavy (non-hydrogen) atoms. The van der Waals surface area contributed by atoms with Gasteiger partial charge < -0.3 is 4.74 Å². The smallest absolute Gasteiger partial charge is 0.185 e. The lowest BCUT2D eigenvalue weighted by molar-refractivity contribution is 0.104. The summed E-state index contributed by atoms with van der Waals surface area (Å²) >= 11 is 0. The largest absolute Gasteiger partial charge is 0.377 e. The quantitative estimate of drug-likeness (QED) is 0.182. The van der Waals surface area contributed by atoms with Gasteiger partial charge >= 0.3 is 0 Å². The van der Waals surface area contributed by atoms with Crippen LogP contribution in [-0.4, -0.2) is 12.4 Å². The molecule has 0 aromatic heterocycles. The van der Waals surface area contributed by atoms with E-state index in [9.17, 15) is 9.18 Å². The molecular formula is C29H29FO2. The van der Waals surface area contributed by atoms with E-state index in [2.05, 4.69) is 43.0 Å². The van der Waals surface area contributed by atoms with Crippen LogP contribution in [0.2, 0.25) is 0 Å². The molecule has 0 amide bonds. The maximum atomic E-state index is 13.0. The predicted molar refractivity (Wildman–Crippen MR) is 130 cm³/mol. The number of hydrogen-bond donors (Lipinski definition) is 0. The second kappa shape index (κ2) is 11.9. The van der Waals surface area contributed by atoms with Crippen LogP contribution in [0.3, 0.4) is 0 Å². The van der Waals surface area contributed by atoms with E-state index in [1.807, 2.05) is 19.1 Å². The van der Waals surface area contributed by atoms with Gasteiger partial charge in [0.25, 0.3) is 0 Å². The van der Waals surface area contributed by atoms with Crippen molar-refractivity contribution in [3.8, 4) is 0 Å². The summed E-state index contributed by atoms with van der Waals surface area (Å²) in [5, 5.41) is 0. The van der Waals surface area contributed by atoms with E-state index in [4.69, 9.17) is 4.74 Å². The van der Waals surface area contributed by atoms with Crippen LogP contribution in [0.4, 0.5) is 4.39 Å². The summed E-state index contributed by atoms with van der Waals surface area (Å²) in [6, 6.07) is 22.1. The van der Waals surface area contributed by atoms with Gasteiger partial charge in [-0.15, -0.1) is 0 Å². The van der Waals surface area contributed by atoms with Crippen molar-refractivity contribution < 1.29 is 13.9 Å². The molecule has 0 aliphatic carbocycles. The fourth-order valence-electron chi connectivity index (χ4n) is 3.29. The predicted octanol–water partition coefficient (Wildman–Crippen LogP) is 7.29. The Morgan fingerprint density at radius 3 is 2.16 bits per heavy atom. The van der Waals surface area contributed by atoms with Crippen molar-refractivity contribution in [1.29, 1.82) is 0 Å². The van der Waals surface area contributed by atoms with Crippen molar-refractivity contribution in [2.24, 2.45) is 0 Å². The highest BCUT2D eigenvalue weighted by molar-refractivity contribution is 6.06. The maximum Gasteiger partial charge on any atom is 0.185 e. The van der Waals surface area contributed by atoms with Crippen molar-refractivity contribution in [1.82, 2.24) is 0 Å². The second-order valence-electron chi connectivity index (χ2n) is 7.93. The number of aryl methyl sites for hydroxylation is 1. The standard InChI is InChI=1S/C29H29FO2/c1-22(2)26-13-10-25(11-14-26)21-32-20-4-3-5-23-6-8-24(9-7-23)12-19-29(31)27-15-17-28(30)18-16-27/h6-19H,1,3-5,20-21H2,2H3. The average Bonchev–Trinajstić information content (AvgIpc) is 2.81. The van der Waals surface area contributed by atoms with Crippen molar-refractivity contribution >= 4 is 17.4 Å². The molecule has 0 spiro atoms. The monoisotopic (exact) mass is 428 g/mol. The van der Waals surface area contributed by atoms with Crippen molar-refractivity contribution in [2.45, 2.75) is 32.8 Å². The Bertz CT molecular complexity index is 1050. The van der Waals surface area contributed by atoms with Crippen LogP contribution in [0.5, 0.6) is 0 Å². The van der Waals surface area contributed by atoms with Crippen LogP contribution in [-0.2, 0) is 17.8 Å². The molecule has 0 radical (unpaired) electrons. The number of carbonyl (C=O) groups excluding carboxylic acids is 1. The third-order valence-corrected chi connectivity index (χ3v) is 5.26. The van der Waals surface area contributed by atoms with Crippen molar-refractivity contribution in [2.75, 3.05) is 6.61 Å². The summed E-state index contributed by atoms with van der Waals surface area (Å²) in [6.45, 7) is 7.34. The third-order valence-electron chi connectivity index (χ3n) is 5.26. The normalized spacial score (nSPS) is 11.1. The first-order valence-corrected chi connectivity index (χ1v) is 10.9. The number of carbonyl (C=O) groups is 1. The number of ketones is 1. The lowest BCUT2D eigenvalue weighted by Crippen LogP contribution is -1.97. The van der Waals surface area contributed by atoms with Gasteiger partial charge in [-0.2, -0.15) is 0 Å². The van der Waals surface area contributed by atoms with Gasteiger partial charge in [-0.05, 0) is 78.8 Å². The zero-order chi connectivity index (χ0) is 22.8. The maximum absolute atomic E-state index is 13.0. The van der Waals surface area contributed by atoms with E-state index in [0.717, 1.165) is 42.6 Å². The highest BCUT2D eigenvalue weighted by atomic mass is 19.1. The van der Waals surface area contributed by atoms with E-state index < -0.39 is 0 Å². The van der Waals surface area contributed by atoms with Gasteiger partial charge in [0, 0.05) is 12.2 Å². The van der Waals surface area contributed by atoms with Crippen LogP contribution in [0.1, 0.15) is 52.4 Å². The Hall–Kier alpha value is -3.30. The molecule has 3 aromatic carbocycles. The lowest BCUT2D eigenvalue weighted by Gasteiger charge is -2.06. The second-order valence-corrected chi connectivity index (χ2v) is 7.93. The first kappa shape index (κ1) is 23.4. The molecule has 164 valence electrons. The van der Waals surface area contributed by atoms with Gasteiger partial charge in [0.15, 0.2) is 5.78 Å². The molecule has 3 rings (SSSR count). The molecule has 0 saturated heterocycles. The molecule has 3 heteroatoms. The number of benzene rings is 3. The molecule has 0 aliphatic rings. The molecule has 0 atom stereocenters. The Morgan fingerprint density at radius 2 is 1.50 bits per heavy atom.